The van der Waals surface area contributed by atoms with E-state index in [4.69, 9.17) is 14.5 Å². The van der Waals surface area contributed by atoms with E-state index in [0.29, 0.717) is 12.8 Å². The van der Waals surface area contributed by atoms with Crippen LogP contribution in [0, 0.1) is 6.92 Å². The molecule has 3 aromatic carbocycles. The summed E-state index contributed by atoms with van der Waals surface area (Å²) in [5.74, 6) is 1.51. The minimum absolute atomic E-state index is 0.0995. The first-order chi connectivity index (χ1) is 15.1. The van der Waals surface area contributed by atoms with Crippen LogP contribution in [0.15, 0.2) is 77.8 Å². The van der Waals surface area contributed by atoms with Crippen molar-refractivity contribution in [2.75, 3.05) is 14.2 Å². The van der Waals surface area contributed by atoms with E-state index in [9.17, 15) is 4.79 Å². The number of hydrogen-bond acceptors (Lipinski definition) is 4. The van der Waals surface area contributed by atoms with Crippen molar-refractivity contribution in [1.82, 2.24) is 0 Å². The second kappa shape index (κ2) is 9.17. The number of carbonyl (C=O) groups excluding carboxylic acids is 1. The third-order valence-corrected chi connectivity index (χ3v) is 5.86. The SMILES string of the molecule is COc1ccc(OC)c(C2CC(c3ccc(C)cc3)=NC2C(=O)Cc2ccccc2)c1. The zero-order chi connectivity index (χ0) is 21.8. The average Bonchev–Trinajstić information content (AvgIpc) is 3.25. The summed E-state index contributed by atoms with van der Waals surface area (Å²) in [4.78, 5) is 18.3. The Morgan fingerprint density at radius 3 is 2.39 bits per heavy atom. The lowest BCUT2D eigenvalue weighted by Gasteiger charge is -2.21. The van der Waals surface area contributed by atoms with Crippen molar-refractivity contribution < 1.29 is 14.3 Å². The van der Waals surface area contributed by atoms with Crippen LogP contribution in [0.1, 0.15) is 34.6 Å². The zero-order valence-corrected chi connectivity index (χ0v) is 18.2. The summed E-state index contributed by atoms with van der Waals surface area (Å²) < 4.78 is 11.1. The monoisotopic (exact) mass is 413 g/mol. The highest BCUT2D eigenvalue weighted by molar-refractivity contribution is 6.05. The number of rotatable bonds is 7. The van der Waals surface area contributed by atoms with Crippen LogP contribution in [0.2, 0.25) is 0 Å². The van der Waals surface area contributed by atoms with Crippen LogP contribution < -0.4 is 9.47 Å². The molecule has 0 saturated carbocycles. The molecule has 2 atom stereocenters. The van der Waals surface area contributed by atoms with Gasteiger partial charge in [0, 0.05) is 23.6 Å². The molecular weight excluding hydrogens is 386 g/mol. The summed E-state index contributed by atoms with van der Waals surface area (Å²) in [6.07, 6.45) is 1.04. The topological polar surface area (TPSA) is 47.9 Å². The van der Waals surface area contributed by atoms with Crippen LogP contribution in [0.5, 0.6) is 11.5 Å². The fourth-order valence-electron chi connectivity index (χ4n) is 4.18. The van der Waals surface area contributed by atoms with Gasteiger partial charge < -0.3 is 9.47 Å². The standard InChI is InChI=1S/C27H27NO3/c1-18-9-11-20(12-10-18)24-17-23(22-16-21(30-2)13-14-26(22)31-3)27(28-24)25(29)15-19-7-5-4-6-8-19/h4-14,16,23,27H,15,17H2,1-3H3. The highest BCUT2D eigenvalue weighted by atomic mass is 16.5. The quantitative estimate of drug-likeness (QED) is 0.537. The van der Waals surface area contributed by atoms with Crippen LogP contribution in [0.4, 0.5) is 0 Å². The molecule has 0 aromatic heterocycles. The Bertz CT molecular complexity index is 1090. The molecule has 0 N–H and O–H groups in total. The van der Waals surface area contributed by atoms with Gasteiger partial charge in [-0.15, -0.1) is 0 Å². The maximum Gasteiger partial charge on any atom is 0.162 e. The zero-order valence-electron chi connectivity index (χ0n) is 18.2. The summed E-state index contributed by atoms with van der Waals surface area (Å²) in [5.41, 5.74) is 5.18. The van der Waals surface area contributed by atoms with Gasteiger partial charge in [-0.1, -0.05) is 60.2 Å². The Morgan fingerprint density at radius 2 is 1.71 bits per heavy atom. The van der Waals surface area contributed by atoms with Gasteiger partial charge in [-0.3, -0.25) is 9.79 Å². The summed E-state index contributed by atoms with van der Waals surface area (Å²) in [6.45, 7) is 2.07. The molecule has 3 aromatic rings. The maximum atomic E-state index is 13.4. The van der Waals surface area contributed by atoms with Gasteiger partial charge in [-0.2, -0.15) is 0 Å². The Balaban J connectivity index is 1.72. The van der Waals surface area contributed by atoms with Crippen LogP contribution in [-0.4, -0.2) is 31.8 Å². The average molecular weight is 414 g/mol. The van der Waals surface area contributed by atoms with Gasteiger partial charge in [0.05, 0.1) is 14.2 Å². The van der Waals surface area contributed by atoms with E-state index in [0.717, 1.165) is 33.9 Å². The summed E-state index contributed by atoms with van der Waals surface area (Å²) in [5, 5.41) is 0. The Kier molecular flexibility index (Phi) is 6.17. The molecule has 0 spiro atoms. The lowest BCUT2D eigenvalue weighted by molar-refractivity contribution is -0.119. The number of benzene rings is 3. The number of ketones is 1. The van der Waals surface area contributed by atoms with E-state index in [1.807, 2.05) is 48.5 Å². The molecule has 0 amide bonds. The molecule has 0 aliphatic carbocycles. The van der Waals surface area contributed by atoms with Crippen LogP contribution in [0.25, 0.3) is 0 Å². The van der Waals surface area contributed by atoms with Gasteiger partial charge in [-0.25, -0.2) is 0 Å². The van der Waals surface area contributed by atoms with E-state index in [-0.39, 0.29) is 11.7 Å². The molecule has 0 bridgehead atoms. The van der Waals surface area contributed by atoms with Crippen molar-refractivity contribution in [1.29, 1.82) is 0 Å². The molecule has 4 heteroatoms. The second-order valence-corrected chi connectivity index (χ2v) is 7.93. The molecule has 158 valence electrons. The molecule has 2 unspecified atom stereocenters. The van der Waals surface area contributed by atoms with Gasteiger partial charge in [0.1, 0.15) is 17.5 Å². The molecule has 1 aliphatic heterocycles. The Labute approximate surface area is 183 Å². The van der Waals surface area contributed by atoms with Crippen molar-refractivity contribution in [2.45, 2.75) is 31.7 Å². The predicted molar refractivity (Wildman–Crippen MR) is 124 cm³/mol. The molecule has 4 nitrogen and oxygen atoms in total. The fourth-order valence-corrected chi connectivity index (χ4v) is 4.18. The number of ether oxygens (including phenoxy) is 2. The van der Waals surface area contributed by atoms with Gasteiger partial charge in [0.15, 0.2) is 5.78 Å². The second-order valence-electron chi connectivity index (χ2n) is 7.93. The van der Waals surface area contributed by atoms with Crippen LogP contribution in [0.3, 0.4) is 0 Å². The molecule has 0 saturated heterocycles. The Morgan fingerprint density at radius 1 is 0.968 bits per heavy atom. The van der Waals surface area contributed by atoms with Crippen LogP contribution >= 0.6 is 0 Å². The number of aryl methyl sites for hydroxylation is 1. The van der Waals surface area contributed by atoms with Crippen molar-refractivity contribution in [3.63, 3.8) is 0 Å². The first-order valence-electron chi connectivity index (χ1n) is 10.5. The van der Waals surface area contributed by atoms with Crippen LogP contribution in [-0.2, 0) is 11.2 Å². The number of aliphatic imine (C=N–C) groups is 1. The number of methoxy groups -OCH3 is 2. The third-order valence-electron chi connectivity index (χ3n) is 5.86. The lowest BCUT2D eigenvalue weighted by atomic mass is 9.85. The summed E-state index contributed by atoms with van der Waals surface area (Å²) in [6, 6.07) is 23.5. The summed E-state index contributed by atoms with van der Waals surface area (Å²) >= 11 is 0. The molecule has 0 radical (unpaired) electrons. The normalized spacial score (nSPS) is 17.8. The predicted octanol–water partition coefficient (Wildman–Crippen LogP) is 5.17. The molecule has 1 aliphatic rings. The first kappa shape index (κ1) is 20.9. The van der Waals surface area contributed by atoms with Gasteiger partial charge in [-0.05, 0) is 42.7 Å². The van der Waals surface area contributed by atoms with Gasteiger partial charge in [0.25, 0.3) is 0 Å². The van der Waals surface area contributed by atoms with E-state index < -0.39 is 6.04 Å². The smallest absolute Gasteiger partial charge is 0.162 e. The molecule has 1 heterocycles. The van der Waals surface area contributed by atoms with E-state index in [1.54, 1.807) is 14.2 Å². The van der Waals surface area contributed by atoms with E-state index in [1.165, 1.54) is 5.56 Å². The third kappa shape index (κ3) is 4.53. The highest BCUT2D eigenvalue weighted by Gasteiger charge is 2.37. The highest BCUT2D eigenvalue weighted by Crippen LogP contribution is 2.40. The fraction of sp³-hybridized carbons (Fsp3) is 0.259. The van der Waals surface area contributed by atoms with E-state index in [2.05, 4.69) is 31.2 Å². The molecule has 31 heavy (non-hydrogen) atoms. The summed E-state index contributed by atoms with van der Waals surface area (Å²) in [7, 11) is 3.30. The van der Waals surface area contributed by atoms with Crippen molar-refractivity contribution in [2.24, 2.45) is 4.99 Å². The number of hydrogen-bond donors (Lipinski definition) is 0. The number of nitrogens with zero attached hydrogens (tertiary/aromatic N) is 1. The maximum absolute atomic E-state index is 13.4. The first-order valence-corrected chi connectivity index (χ1v) is 10.5. The largest absolute Gasteiger partial charge is 0.497 e. The van der Waals surface area contributed by atoms with E-state index >= 15 is 0 Å². The van der Waals surface area contributed by atoms with Crippen molar-refractivity contribution in [3.8, 4) is 11.5 Å². The molecule has 0 fully saturated rings. The lowest BCUT2D eigenvalue weighted by Crippen LogP contribution is -2.25. The minimum Gasteiger partial charge on any atom is -0.497 e. The minimum atomic E-state index is -0.461. The molecular formula is C27H27NO3. The Hall–Kier alpha value is -3.40. The number of carbonyl (C=O) groups is 1. The number of Topliss-reactive ketones (excluding diaryl/α,β-unsaturated/α-hetero) is 1. The van der Waals surface area contributed by atoms with Gasteiger partial charge in [0.2, 0.25) is 0 Å². The van der Waals surface area contributed by atoms with Crippen molar-refractivity contribution >= 4 is 11.5 Å². The van der Waals surface area contributed by atoms with Gasteiger partial charge >= 0.3 is 0 Å². The molecule has 4 rings (SSSR count). The van der Waals surface area contributed by atoms with Crippen molar-refractivity contribution in [3.05, 3.63) is 95.1 Å².